The molecular formula is C10H5ClF3N3S. The van der Waals surface area contributed by atoms with Crippen LogP contribution in [0.1, 0.15) is 5.56 Å². The molecule has 0 saturated heterocycles. The van der Waals surface area contributed by atoms with E-state index in [0.717, 1.165) is 23.9 Å². The fourth-order valence-electron chi connectivity index (χ4n) is 1.12. The molecule has 2 rings (SSSR count). The van der Waals surface area contributed by atoms with E-state index in [-0.39, 0.29) is 10.2 Å². The second-order valence-corrected chi connectivity index (χ2v) is 4.52. The average molecular weight is 292 g/mol. The van der Waals surface area contributed by atoms with Gasteiger partial charge in [-0.1, -0.05) is 11.6 Å². The van der Waals surface area contributed by atoms with Gasteiger partial charge in [0, 0.05) is 12.4 Å². The highest BCUT2D eigenvalue weighted by atomic mass is 35.5. The van der Waals surface area contributed by atoms with E-state index in [9.17, 15) is 13.2 Å². The van der Waals surface area contributed by atoms with Crippen LogP contribution in [0.3, 0.4) is 0 Å². The van der Waals surface area contributed by atoms with Gasteiger partial charge in [0.1, 0.15) is 10.2 Å². The van der Waals surface area contributed by atoms with Crippen molar-refractivity contribution in [3.63, 3.8) is 0 Å². The van der Waals surface area contributed by atoms with Gasteiger partial charge in [0.25, 0.3) is 0 Å². The van der Waals surface area contributed by atoms with Crippen LogP contribution >= 0.6 is 23.4 Å². The minimum absolute atomic E-state index is 0.0982. The van der Waals surface area contributed by atoms with Crippen LogP contribution in [-0.2, 0) is 6.18 Å². The van der Waals surface area contributed by atoms with E-state index >= 15 is 0 Å². The maximum atomic E-state index is 12.6. The van der Waals surface area contributed by atoms with Crippen molar-refractivity contribution in [1.82, 2.24) is 15.0 Å². The van der Waals surface area contributed by atoms with Gasteiger partial charge in [-0.2, -0.15) is 13.2 Å². The summed E-state index contributed by atoms with van der Waals surface area (Å²) in [5.74, 6) is 0. The monoisotopic (exact) mass is 291 g/mol. The Hall–Kier alpha value is -1.34. The predicted octanol–water partition coefficient (Wildman–Crippen LogP) is 3.70. The molecule has 0 bridgehead atoms. The number of rotatable bonds is 2. The Morgan fingerprint density at radius 1 is 1.11 bits per heavy atom. The lowest BCUT2D eigenvalue weighted by Gasteiger charge is -2.08. The van der Waals surface area contributed by atoms with Gasteiger partial charge < -0.3 is 0 Å². The fourth-order valence-corrected chi connectivity index (χ4v) is 2.12. The highest BCUT2D eigenvalue weighted by Crippen LogP contribution is 2.34. The van der Waals surface area contributed by atoms with Gasteiger partial charge in [0.15, 0.2) is 5.16 Å². The van der Waals surface area contributed by atoms with Crippen molar-refractivity contribution < 1.29 is 13.2 Å². The lowest BCUT2D eigenvalue weighted by molar-refractivity contribution is -0.137. The summed E-state index contributed by atoms with van der Waals surface area (Å²) in [6.07, 6.45) is -1.48. The van der Waals surface area contributed by atoms with Crippen molar-refractivity contribution in [2.75, 3.05) is 0 Å². The SMILES string of the molecule is FC(F)(F)c1cc(Cl)nc(Sc2ncccn2)c1. The lowest BCUT2D eigenvalue weighted by Crippen LogP contribution is -2.05. The normalized spacial score (nSPS) is 11.6. The van der Waals surface area contributed by atoms with Crippen LogP contribution < -0.4 is 0 Å². The largest absolute Gasteiger partial charge is 0.416 e. The van der Waals surface area contributed by atoms with Crippen molar-refractivity contribution in [2.45, 2.75) is 16.4 Å². The first-order chi connectivity index (χ1) is 8.45. The zero-order chi connectivity index (χ0) is 13.2. The first-order valence-electron chi connectivity index (χ1n) is 4.65. The molecule has 0 aromatic carbocycles. The maximum absolute atomic E-state index is 12.6. The molecule has 94 valence electrons. The number of hydrogen-bond acceptors (Lipinski definition) is 4. The molecule has 3 nitrogen and oxygen atoms in total. The molecule has 18 heavy (non-hydrogen) atoms. The second-order valence-electron chi connectivity index (χ2n) is 3.15. The zero-order valence-electron chi connectivity index (χ0n) is 8.65. The van der Waals surface area contributed by atoms with Gasteiger partial charge in [-0.3, -0.25) is 0 Å². The minimum Gasteiger partial charge on any atom is -0.231 e. The molecule has 0 aliphatic carbocycles. The Bertz CT molecular complexity index is 548. The second kappa shape index (κ2) is 5.11. The number of aromatic nitrogens is 3. The van der Waals surface area contributed by atoms with E-state index in [1.165, 1.54) is 12.4 Å². The van der Waals surface area contributed by atoms with Gasteiger partial charge in [-0.05, 0) is 30.0 Å². The number of alkyl halides is 3. The third-order valence-electron chi connectivity index (χ3n) is 1.84. The fraction of sp³-hybridized carbons (Fsp3) is 0.100. The van der Waals surface area contributed by atoms with Gasteiger partial charge in [-0.15, -0.1) is 0 Å². The molecule has 0 aliphatic rings. The molecule has 2 aromatic heterocycles. The van der Waals surface area contributed by atoms with Crippen LogP contribution in [0.5, 0.6) is 0 Å². The number of halogens is 4. The third kappa shape index (κ3) is 3.33. The van der Waals surface area contributed by atoms with Gasteiger partial charge in [0.2, 0.25) is 0 Å². The highest BCUT2D eigenvalue weighted by molar-refractivity contribution is 7.99. The smallest absolute Gasteiger partial charge is 0.231 e. The van der Waals surface area contributed by atoms with E-state index in [2.05, 4.69) is 15.0 Å². The summed E-state index contributed by atoms with van der Waals surface area (Å²) in [6.45, 7) is 0. The molecule has 0 saturated carbocycles. The Morgan fingerprint density at radius 3 is 2.39 bits per heavy atom. The summed E-state index contributed by atoms with van der Waals surface area (Å²) in [5, 5.41) is 0.185. The maximum Gasteiger partial charge on any atom is 0.416 e. The van der Waals surface area contributed by atoms with Crippen molar-refractivity contribution in [3.05, 3.63) is 41.3 Å². The number of pyridine rings is 1. The first-order valence-corrected chi connectivity index (χ1v) is 5.84. The molecule has 8 heteroatoms. The average Bonchev–Trinajstić information content (AvgIpc) is 2.28. The van der Waals surface area contributed by atoms with E-state index in [1.54, 1.807) is 6.07 Å². The van der Waals surface area contributed by atoms with Crippen molar-refractivity contribution in [3.8, 4) is 0 Å². The minimum atomic E-state index is -4.46. The molecule has 0 unspecified atom stereocenters. The van der Waals surface area contributed by atoms with Gasteiger partial charge >= 0.3 is 6.18 Å². The zero-order valence-corrected chi connectivity index (χ0v) is 10.2. The summed E-state index contributed by atoms with van der Waals surface area (Å²) in [7, 11) is 0. The lowest BCUT2D eigenvalue weighted by atomic mass is 10.3. The Balaban J connectivity index is 2.32. The molecule has 2 heterocycles. The van der Waals surface area contributed by atoms with E-state index in [4.69, 9.17) is 11.6 Å². The van der Waals surface area contributed by atoms with Gasteiger partial charge in [-0.25, -0.2) is 15.0 Å². The van der Waals surface area contributed by atoms with Crippen LogP contribution in [0.25, 0.3) is 0 Å². The van der Waals surface area contributed by atoms with Crippen molar-refractivity contribution >= 4 is 23.4 Å². The first kappa shape index (κ1) is 13.1. The molecule has 0 atom stereocenters. The number of hydrogen-bond donors (Lipinski definition) is 0. The molecule has 0 spiro atoms. The van der Waals surface area contributed by atoms with Crippen LogP contribution in [0.2, 0.25) is 5.15 Å². The molecule has 0 amide bonds. The standard InChI is InChI=1S/C10H5ClF3N3S/c11-7-4-6(10(12,13)14)5-8(17-7)18-9-15-2-1-3-16-9/h1-5H. The highest BCUT2D eigenvalue weighted by Gasteiger charge is 2.31. The third-order valence-corrected chi connectivity index (χ3v) is 2.84. The van der Waals surface area contributed by atoms with E-state index in [0.29, 0.717) is 5.16 Å². The Kier molecular flexibility index (Phi) is 3.72. The van der Waals surface area contributed by atoms with E-state index < -0.39 is 11.7 Å². The predicted molar refractivity (Wildman–Crippen MR) is 60.4 cm³/mol. The Labute approximate surface area is 109 Å². The topological polar surface area (TPSA) is 38.7 Å². The Morgan fingerprint density at radius 2 is 1.78 bits per heavy atom. The van der Waals surface area contributed by atoms with Crippen LogP contribution in [0.15, 0.2) is 40.8 Å². The van der Waals surface area contributed by atoms with Crippen LogP contribution in [0.4, 0.5) is 13.2 Å². The molecule has 0 aliphatic heterocycles. The summed E-state index contributed by atoms with van der Waals surface area (Å²) >= 11 is 6.47. The van der Waals surface area contributed by atoms with Crippen molar-refractivity contribution in [2.24, 2.45) is 0 Å². The molecule has 0 fully saturated rings. The van der Waals surface area contributed by atoms with Crippen LogP contribution in [0, 0.1) is 0 Å². The molecule has 2 aromatic rings. The van der Waals surface area contributed by atoms with Gasteiger partial charge in [0.05, 0.1) is 5.56 Å². The quantitative estimate of drug-likeness (QED) is 0.625. The summed E-state index contributed by atoms with van der Waals surface area (Å²) in [4.78, 5) is 11.6. The molecule has 0 N–H and O–H groups in total. The van der Waals surface area contributed by atoms with Crippen LogP contribution in [-0.4, -0.2) is 15.0 Å². The summed E-state index contributed by atoms with van der Waals surface area (Å²) in [6, 6.07) is 3.29. The summed E-state index contributed by atoms with van der Waals surface area (Å²) in [5.41, 5.74) is -0.846. The molecule has 0 radical (unpaired) electrons. The molecular weight excluding hydrogens is 287 g/mol. The van der Waals surface area contributed by atoms with E-state index in [1.807, 2.05) is 0 Å². The number of nitrogens with zero attached hydrogens (tertiary/aromatic N) is 3. The van der Waals surface area contributed by atoms with Crippen molar-refractivity contribution in [1.29, 1.82) is 0 Å². The summed E-state index contributed by atoms with van der Waals surface area (Å²) < 4.78 is 37.7.